The van der Waals surface area contributed by atoms with Gasteiger partial charge in [-0.1, -0.05) is 12.7 Å². The van der Waals surface area contributed by atoms with Gasteiger partial charge in [0.05, 0.1) is 24.0 Å². The van der Waals surface area contributed by atoms with Crippen LogP contribution in [-0.4, -0.2) is 9.55 Å². The van der Waals surface area contributed by atoms with Crippen molar-refractivity contribution in [1.82, 2.24) is 9.55 Å². The van der Waals surface area contributed by atoms with E-state index in [1.807, 2.05) is 10.6 Å². The average molecular weight is 243 g/mol. The molecule has 0 amide bonds. The highest BCUT2D eigenvalue weighted by atomic mass is 19.1. The van der Waals surface area contributed by atoms with Gasteiger partial charge in [0.2, 0.25) is 0 Å². The molecule has 0 N–H and O–H groups in total. The Morgan fingerprint density at radius 3 is 3.17 bits per heavy atom. The summed E-state index contributed by atoms with van der Waals surface area (Å²) < 4.78 is 16.0. The lowest BCUT2D eigenvalue weighted by Gasteiger charge is -2.14. The Morgan fingerprint density at radius 2 is 2.50 bits per heavy atom. The highest BCUT2D eigenvalue weighted by Crippen LogP contribution is 2.34. The monoisotopic (exact) mass is 243 g/mol. The van der Waals surface area contributed by atoms with E-state index in [4.69, 9.17) is 5.26 Å². The zero-order chi connectivity index (χ0) is 13.1. The summed E-state index contributed by atoms with van der Waals surface area (Å²) in [6.07, 6.45) is 8.01. The molecule has 1 aromatic rings. The first-order valence-corrected chi connectivity index (χ1v) is 5.81. The number of nitrogens with zero attached hydrogens (tertiary/aromatic N) is 3. The second-order valence-electron chi connectivity index (χ2n) is 4.22. The Labute approximate surface area is 106 Å². The van der Waals surface area contributed by atoms with E-state index in [2.05, 4.69) is 11.6 Å². The van der Waals surface area contributed by atoms with E-state index in [-0.39, 0.29) is 6.04 Å². The lowest BCUT2D eigenvalue weighted by molar-refractivity contribution is 0.554. The molecule has 1 aliphatic rings. The molecule has 1 aliphatic heterocycles. The number of rotatable bonds is 3. The minimum Gasteiger partial charge on any atom is -0.327 e. The molecule has 0 radical (unpaired) electrons. The summed E-state index contributed by atoms with van der Waals surface area (Å²) in [5, 5.41) is 8.77. The number of halogens is 1. The predicted molar refractivity (Wildman–Crippen MR) is 67.3 cm³/mol. The largest absolute Gasteiger partial charge is 0.327 e. The van der Waals surface area contributed by atoms with Gasteiger partial charge in [-0.2, -0.15) is 5.26 Å². The van der Waals surface area contributed by atoms with Crippen LogP contribution in [0.1, 0.15) is 25.1 Å². The SMILES string of the molecule is C=C(/C(F)=C\C(C#N)=C/C)[C@H]1CCc2cncn21. The van der Waals surface area contributed by atoms with Crippen LogP contribution in [-0.2, 0) is 6.42 Å². The number of allylic oxidation sites excluding steroid dienone is 5. The van der Waals surface area contributed by atoms with Crippen molar-refractivity contribution in [2.75, 3.05) is 0 Å². The molecule has 0 unspecified atom stereocenters. The molecule has 92 valence electrons. The van der Waals surface area contributed by atoms with E-state index < -0.39 is 5.83 Å². The molecule has 4 heteroatoms. The fourth-order valence-corrected chi connectivity index (χ4v) is 2.14. The summed E-state index contributed by atoms with van der Waals surface area (Å²) >= 11 is 0. The summed E-state index contributed by atoms with van der Waals surface area (Å²) in [6, 6.07) is 1.84. The zero-order valence-electron chi connectivity index (χ0n) is 10.2. The quantitative estimate of drug-likeness (QED) is 0.604. The van der Waals surface area contributed by atoms with Gasteiger partial charge in [-0.05, 0) is 25.8 Å². The zero-order valence-corrected chi connectivity index (χ0v) is 10.2. The molecule has 2 heterocycles. The second-order valence-corrected chi connectivity index (χ2v) is 4.22. The molecule has 0 aromatic carbocycles. The number of hydrogen-bond donors (Lipinski definition) is 0. The van der Waals surface area contributed by atoms with E-state index in [1.54, 1.807) is 25.5 Å². The molecular formula is C14H14FN3. The summed E-state index contributed by atoms with van der Waals surface area (Å²) in [5.74, 6) is -0.434. The van der Waals surface area contributed by atoms with Crippen LogP contribution < -0.4 is 0 Å². The number of fused-ring (bicyclic) bond motifs is 1. The molecule has 1 aromatic heterocycles. The van der Waals surface area contributed by atoms with E-state index in [0.717, 1.165) is 18.5 Å². The Morgan fingerprint density at radius 1 is 1.72 bits per heavy atom. The smallest absolute Gasteiger partial charge is 0.129 e. The highest BCUT2D eigenvalue weighted by Gasteiger charge is 2.25. The Bertz CT molecular complexity index is 572. The van der Waals surface area contributed by atoms with E-state index in [1.165, 1.54) is 6.08 Å². The summed E-state index contributed by atoms with van der Waals surface area (Å²) in [6.45, 7) is 5.51. The average Bonchev–Trinajstić information content (AvgIpc) is 2.96. The maximum Gasteiger partial charge on any atom is 0.129 e. The number of aryl methyl sites for hydroxylation is 1. The molecule has 1 atom stereocenters. The third-order valence-corrected chi connectivity index (χ3v) is 3.19. The van der Waals surface area contributed by atoms with Gasteiger partial charge in [-0.15, -0.1) is 0 Å². The summed E-state index contributed by atoms with van der Waals surface area (Å²) in [4.78, 5) is 4.05. The Hall–Kier alpha value is -2.15. The van der Waals surface area contributed by atoms with E-state index in [0.29, 0.717) is 11.1 Å². The maximum absolute atomic E-state index is 14.0. The standard InChI is InChI=1S/C14H14FN3/c1-3-11(7-16)6-13(15)10(2)14-5-4-12-8-17-9-18(12)14/h3,6,8-9,14H,2,4-5H2,1H3/b11-3+,13-6+/t14-/m1/s1. The molecular weight excluding hydrogens is 229 g/mol. The lowest BCUT2D eigenvalue weighted by atomic mass is 10.0. The molecule has 0 saturated carbocycles. The van der Waals surface area contributed by atoms with Crippen molar-refractivity contribution in [3.05, 3.63) is 53.9 Å². The normalized spacial score (nSPS) is 19.5. The van der Waals surface area contributed by atoms with Crippen molar-refractivity contribution < 1.29 is 4.39 Å². The van der Waals surface area contributed by atoms with Crippen LogP contribution in [0.25, 0.3) is 0 Å². The molecule has 0 bridgehead atoms. The minimum absolute atomic E-state index is 0.0875. The number of hydrogen-bond acceptors (Lipinski definition) is 2. The van der Waals surface area contributed by atoms with Gasteiger partial charge in [0.25, 0.3) is 0 Å². The van der Waals surface area contributed by atoms with E-state index in [9.17, 15) is 4.39 Å². The topological polar surface area (TPSA) is 41.6 Å². The molecule has 0 aliphatic carbocycles. The number of nitriles is 1. The molecule has 2 rings (SSSR count). The summed E-state index contributed by atoms with van der Waals surface area (Å²) in [7, 11) is 0. The van der Waals surface area contributed by atoms with Crippen molar-refractivity contribution in [2.24, 2.45) is 0 Å². The molecule has 0 saturated heterocycles. The van der Waals surface area contributed by atoms with Crippen molar-refractivity contribution >= 4 is 0 Å². The van der Waals surface area contributed by atoms with Crippen molar-refractivity contribution in [3.8, 4) is 6.07 Å². The van der Waals surface area contributed by atoms with Gasteiger partial charge in [-0.3, -0.25) is 0 Å². The van der Waals surface area contributed by atoms with Crippen LogP contribution >= 0.6 is 0 Å². The summed E-state index contributed by atoms with van der Waals surface area (Å²) in [5.41, 5.74) is 1.80. The number of imidazole rings is 1. The van der Waals surface area contributed by atoms with Gasteiger partial charge in [0.1, 0.15) is 5.83 Å². The van der Waals surface area contributed by atoms with Crippen LogP contribution in [0.3, 0.4) is 0 Å². The minimum atomic E-state index is -0.434. The fraction of sp³-hybridized carbons (Fsp3) is 0.286. The third kappa shape index (κ3) is 2.12. The van der Waals surface area contributed by atoms with Crippen LogP contribution in [0.15, 0.2) is 48.2 Å². The first kappa shape index (κ1) is 12.3. The fourth-order valence-electron chi connectivity index (χ4n) is 2.14. The Kier molecular flexibility index (Phi) is 3.42. The van der Waals surface area contributed by atoms with Crippen molar-refractivity contribution in [2.45, 2.75) is 25.8 Å². The first-order valence-electron chi connectivity index (χ1n) is 5.81. The van der Waals surface area contributed by atoms with Gasteiger partial charge >= 0.3 is 0 Å². The van der Waals surface area contributed by atoms with Gasteiger partial charge in [-0.25, -0.2) is 9.37 Å². The van der Waals surface area contributed by atoms with Crippen LogP contribution in [0.2, 0.25) is 0 Å². The second kappa shape index (κ2) is 5.01. The Balaban J connectivity index is 2.22. The lowest BCUT2D eigenvalue weighted by Crippen LogP contribution is -2.06. The van der Waals surface area contributed by atoms with Crippen LogP contribution in [0.4, 0.5) is 4.39 Å². The predicted octanol–water partition coefficient (Wildman–Crippen LogP) is 3.25. The van der Waals surface area contributed by atoms with Crippen LogP contribution in [0, 0.1) is 11.3 Å². The first-order chi connectivity index (χ1) is 8.67. The van der Waals surface area contributed by atoms with E-state index >= 15 is 0 Å². The van der Waals surface area contributed by atoms with Gasteiger partial charge in [0, 0.05) is 17.5 Å². The van der Waals surface area contributed by atoms with Gasteiger partial charge in [0.15, 0.2) is 0 Å². The van der Waals surface area contributed by atoms with Crippen molar-refractivity contribution in [3.63, 3.8) is 0 Å². The maximum atomic E-state index is 14.0. The highest BCUT2D eigenvalue weighted by molar-refractivity contribution is 5.40. The van der Waals surface area contributed by atoms with Crippen molar-refractivity contribution in [1.29, 1.82) is 5.26 Å². The molecule has 0 fully saturated rings. The third-order valence-electron chi connectivity index (χ3n) is 3.19. The van der Waals surface area contributed by atoms with Crippen LogP contribution in [0.5, 0.6) is 0 Å². The molecule has 3 nitrogen and oxygen atoms in total. The molecule has 18 heavy (non-hydrogen) atoms. The number of aromatic nitrogens is 2. The van der Waals surface area contributed by atoms with Gasteiger partial charge < -0.3 is 4.57 Å². The molecule has 0 spiro atoms.